The molecule has 1 N–H and O–H groups in total. The lowest BCUT2D eigenvalue weighted by atomic mass is 9.80. The average molecular weight is 285 g/mol. The Morgan fingerprint density at radius 3 is 2.15 bits per heavy atom. The van der Waals surface area contributed by atoms with E-state index in [9.17, 15) is 0 Å². The second kappa shape index (κ2) is 10.6. The van der Waals surface area contributed by atoms with Gasteiger partial charge in [0.05, 0.1) is 0 Å². The van der Waals surface area contributed by atoms with Gasteiger partial charge in [-0.25, -0.2) is 0 Å². The molecule has 1 unspecified atom stereocenters. The number of nitrogens with zero attached hydrogens (tertiary/aromatic N) is 1. The van der Waals surface area contributed by atoms with Crippen LogP contribution < -0.4 is 5.32 Å². The maximum atomic E-state index is 3.45. The molecule has 122 valence electrons. The Kier molecular flexibility index (Phi) is 10.6. The van der Waals surface area contributed by atoms with Crippen molar-refractivity contribution in [2.24, 2.45) is 17.3 Å². The number of rotatable bonds is 6. The van der Waals surface area contributed by atoms with Crippen LogP contribution in [0.1, 0.15) is 67.2 Å². The molecule has 0 aromatic carbocycles. The third kappa shape index (κ3) is 8.97. The van der Waals surface area contributed by atoms with Gasteiger partial charge < -0.3 is 10.2 Å². The van der Waals surface area contributed by atoms with Crippen LogP contribution in [0.5, 0.6) is 0 Å². The smallest absolute Gasteiger partial charge is 0.00190 e. The molecule has 1 fully saturated rings. The van der Waals surface area contributed by atoms with Crippen molar-refractivity contribution >= 4 is 0 Å². The summed E-state index contributed by atoms with van der Waals surface area (Å²) in [7, 11) is 2.29. The fourth-order valence-corrected chi connectivity index (χ4v) is 2.53. The maximum Gasteiger partial charge on any atom is -0.00190 e. The molecule has 0 radical (unpaired) electrons. The Balaban J connectivity index is 0.00000172. The van der Waals surface area contributed by atoms with E-state index in [1.54, 1.807) is 0 Å². The lowest BCUT2D eigenvalue weighted by Crippen LogP contribution is -2.31. The normalized spacial score (nSPS) is 18.6. The molecule has 1 atom stereocenters. The molecule has 0 saturated carbocycles. The van der Waals surface area contributed by atoms with Gasteiger partial charge in [-0.05, 0) is 76.2 Å². The molecule has 0 aromatic heterocycles. The third-order valence-electron chi connectivity index (χ3n) is 4.80. The van der Waals surface area contributed by atoms with E-state index in [-0.39, 0.29) is 0 Å². The van der Waals surface area contributed by atoms with E-state index in [1.807, 2.05) is 13.8 Å². The standard InChI is InChI=1S/C16H34N2.C2H6/c1-14(16(2,3)4)8-12-18(5)13-9-15-6-10-17-11-7-15;1-2/h14-15,17H,6-13H2,1-5H3;1-2H3. The molecule has 1 rings (SSSR count). The summed E-state index contributed by atoms with van der Waals surface area (Å²) in [6, 6.07) is 0. The molecule has 0 amide bonds. The van der Waals surface area contributed by atoms with Crippen LogP contribution in [0.4, 0.5) is 0 Å². The number of nitrogens with one attached hydrogen (secondary N) is 1. The second-order valence-electron chi connectivity index (χ2n) is 7.34. The van der Waals surface area contributed by atoms with E-state index in [0.717, 1.165) is 11.8 Å². The summed E-state index contributed by atoms with van der Waals surface area (Å²) in [5.41, 5.74) is 0.454. The highest BCUT2D eigenvalue weighted by Gasteiger charge is 2.20. The molecule has 1 saturated heterocycles. The van der Waals surface area contributed by atoms with Gasteiger partial charge in [0.1, 0.15) is 0 Å². The van der Waals surface area contributed by atoms with Crippen molar-refractivity contribution in [1.29, 1.82) is 0 Å². The Morgan fingerprint density at radius 1 is 1.10 bits per heavy atom. The summed E-state index contributed by atoms with van der Waals surface area (Å²) in [5.74, 6) is 1.77. The Labute approximate surface area is 128 Å². The van der Waals surface area contributed by atoms with Crippen LogP contribution in [-0.2, 0) is 0 Å². The minimum Gasteiger partial charge on any atom is -0.317 e. The molecule has 1 aliphatic rings. The summed E-state index contributed by atoms with van der Waals surface area (Å²) in [4.78, 5) is 2.53. The summed E-state index contributed by atoms with van der Waals surface area (Å²) in [6.07, 6.45) is 5.48. The van der Waals surface area contributed by atoms with Crippen molar-refractivity contribution in [2.75, 3.05) is 33.2 Å². The zero-order valence-electron chi connectivity index (χ0n) is 15.3. The van der Waals surface area contributed by atoms with Crippen molar-refractivity contribution in [2.45, 2.75) is 67.2 Å². The number of hydrogen-bond acceptors (Lipinski definition) is 2. The van der Waals surface area contributed by atoms with Crippen LogP contribution >= 0.6 is 0 Å². The molecule has 0 bridgehead atoms. The molecule has 0 aromatic rings. The SMILES string of the molecule is CC.CC(CCN(C)CCC1CCNCC1)C(C)(C)C. The third-order valence-corrected chi connectivity index (χ3v) is 4.80. The number of hydrogen-bond donors (Lipinski definition) is 1. The highest BCUT2D eigenvalue weighted by molar-refractivity contribution is 4.72. The van der Waals surface area contributed by atoms with Crippen molar-refractivity contribution in [3.63, 3.8) is 0 Å². The molecule has 2 nitrogen and oxygen atoms in total. The topological polar surface area (TPSA) is 15.3 Å². The first-order valence-corrected chi connectivity index (χ1v) is 8.79. The first-order valence-electron chi connectivity index (χ1n) is 8.79. The van der Waals surface area contributed by atoms with Gasteiger partial charge in [0.25, 0.3) is 0 Å². The summed E-state index contributed by atoms with van der Waals surface area (Å²) in [5, 5.41) is 3.45. The fraction of sp³-hybridized carbons (Fsp3) is 1.00. The van der Waals surface area contributed by atoms with Crippen molar-refractivity contribution in [3.8, 4) is 0 Å². The zero-order valence-corrected chi connectivity index (χ0v) is 15.3. The van der Waals surface area contributed by atoms with Crippen LogP contribution in [0.2, 0.25) is 0 Å². The fourth-order valence-electron chi connectivity index (χ4n) is 2.53. The van der Waals surface area contributed by atoms with Gasteiger partial charge >= 0.3 is 0 Å². The van der Waals surface area contributed by atoms with Gasteiger partial charge in [-0.2, -0.15) is 0 Å². The summed E-state index contributed by atoms with van der Waals surface area (Å²) < 4.78 is 0. The van der Waals surface area contributed by atoms with Crippen LogP contribution in [-0.4, -0.2) is 38.1 Å². The molecular weight excluding hydrogens is 244 g/mol. The van der Waals surface area contributed by atoms with Gasteiger partial charge in [-0.15, -0.1) is 0 Å². The minimum absolute atomic E-state index is 0.454. The van der Waals surface area contributed by atoms with Gasteiger partial charge in [0.15, 0.2) is 0 Å². The molecule has 20 heavy (non-hydrogen) atoms. The van der Waals surface area contributed by atoms with Gasteiger partial charge in [0.2, 0.25) is 0 Å². The highest BCUT2D eigenvalue weighted by atomic mass is 15.1. The van der Waals surface area contributed by atoms with E-state index in [0.29, 0.717) is 5.41 Å². The second-order valence-corrected chi connectivity index (χ2v) is 7.34. The van der Waals surface area contributed by atoms with Crippen molar-refractivity contribution in [1.82, 2.24) is 10.2 Å². The first kappa shape index (κ1) is 19.9. The zero-order chi connectivity index (χ0) is 15.6. The van der Waals surface area contributed by atoms with E-state index in [2.05, 4.69) is 45.0 Å². The molecule has 0 spiro atoms. The molecule has 2 heteroatoms. The largest absolute Gasteiger partial charge is 0.317 e. The van der Waals surface area contributed by atoms with Crippen LogP contribution in [0.25, 0.3) is 0 Å². The quantitative estimate of drug-likeness (QED) is 0.777. The number of piperidine rings is 1. The molecule has 1 aliphatic heterocycles. The maximum absolute atomic E-state index is 3.45. The van der Waals surface area contributed by atoms with Gasteiger partial charge in [0, 0.05) is 0 Å². The predicted octanol–water partition coefficient (Wildman–Crippen LogP) is 4.41. The Hall–Kier alpha value is -0.0800. The average Bonchev–Trinajstić information content (AvgIpc) is 2.44. The predicted molar refractivity (Wildman–Crippen MR) is 92.3 cm³/mol. The molecular formula is C18H40N2. The van der Waals surface area contributed by atoms with Crippen molar-refractivity contribution in [3.05, 3.63) is 0 Å². The van der Waals surface area contributed by atoms with E-state index < -0.39 is 0 Å². The monoisotopic (exact) mass is 284 g/mol. The highest BCUT2D eigenvalue weighted by Crippen LogP contribution is 2.28. The Morgan fingerprint density at radius 2 is 1.65 bits per heavy atom. The van der Waals surface area contributed by atoms with E-state index in [1.165, 1.54) is 51.9 Å². The van der Waals surface area contributed by atoms with Gasteiger partial charge in [-0.3, -0.25) is 0 Å². The van der Waals surface area contributed by atoms with Crippen LogP contribution in [0.15, 0.2) is 0 Å². The van der Waals surface area contributed by atoms with E-state index in [4.69, 9.17) is 0 Å². The first-order chi connectivity index (χ1) is 9.39. The summed E-state index contributed by atoms with van der Waals surface area (Å²) >= 11 is 0. The van der Waals surface area contributed by atoms with Crippen LogP contribution in [0.3, 0.4) is 0 Å². The van der Waals surface area contributed by atoms with E-state index >= 15 is 0 Å². The molecule has 1 heterocycles. The Bertz CT molecular complexity index is 214. The lowest BCUT2D eigenvalue weighted by molar-refractivity contribution is 0.203. The summed E-state index contributed by atoms with van der Waals surface area (Å²) in [6.45, 7) is 18.4. The lowest BCUT2D eigenvalue weighted by Gasteiger charge is -2.30. The molecule has 0 aliphatic carbocycles. The van der Waals surface area contributed by atoms with Crippen LogP contribution in [0, 0.1) is 17.3 Å². The van der Waals surface area contributed by atoms with Gasteiger partial charge in [-0.1, -0.05) is 41.5 Å². The minimum atomic E-state index is 0.454. The van der Waals surface area contributed by atoms with Crippen molar-refractivity contribution < 1.29 is 0 Å².